The molecule has 1 amide bonds. The molecule has 0 unspecified atom stereocenters. The number of piperidine rings is 1. The first kappa shape index (κ1) is 17.7. The van der Waals surface area contributed by atoms with E-state index in [1.54, 1.807) is 25.3 Å². The normalized spacial score (nSPS) is 18.7. The number of fused-ring (bicyclic) bond motifs is 1. The van der Waals surface area contributed by atoms with E-state index >= 15 is 0 Å². The van der Waals surface area contributed by atoms with Crippen LogP contribution in [0.1, 0.15) is 41.7 Å². The highest BCUT2D eigenvalue weighted by Crippen LogP contribution is 2.54. The number of hydrogen-bond acceptors (Lipinski definition) is 5. The maximum Gasteiger partial charge on any atom is 0.276 e. The average Bonchev–Trinajstić information content (AvgIpc) is 3.22. The number of nitrogens with zero attached hydrogens (tertiary/aromatic N) is 6. The molecule has 148 valence electrons. The first-order valence-corrected chi connectivity index (χ1v) is 9.86. The first-order chi connectivity index (χ1) is 14.0. The molecule has 29 heavy (non-hydrogen) atoms. The number of likely N-dealkylation sites (tertiary alicyclic amines) is 1. The summed E-state index contributed by atoms with van der Waals surface area (Å²) in [6.07, 6.45) is 6.94. The number of rotatable bonds is 3. The number of carbonyl (C=O) groups is 1. The lowest BCUT2D eigenvalue weighted by Gasteiger charge is -2.34. The van der Waals surface area contributed by atoms with Crippen LogP contribution in [-0.4, -0.2) is 48.3 Å². The van der Waals surface area contributed by atoms with Gasteiger partial charge in [0.2, 0.25) is 5.95 Å². The molecule has 1 saturated heterocycles. The molecule has 3 aromatic rings. The second kappa shape index (κ2) is 6.30. The Balaban J connectivity index is 1.37. The summed E-state index contributed by atoms with van der Waals surface area (Å²) < 4.78 is 2.97. The van der Waals surface area contributed by atoms with E-state index in [0.29, 0.717) is 35.8 Å². The third-order valence-corrected chi connectivity index (χ3v) is 6.40. The Labute approximate surface area is 166 Å². The highest BCUT2D eigenvalue weighted by Gasteiger charge is 2.50. The van der Waals surface area contributed by atoms with Gasteiger partial charge in [-0.25, -0.2) is 9.20 Å². The van der Waals surface area contributed by atoms with E-state index in [1.807, 2.05) is 4.90 Å². The van der Waals surface area contributed by atoms with E-state index in [1.165, 1.54) is 15.4 Å². The smallest absolute Gasteiger partial charge is 0.276 e. The van der Waals surface area contributed by atoms with E-state index in [4.69, 9.17) is 0 Å². The number of aromatic amines is 1. The van der Waals surface area contributed by atoms with Crippen molar-refractivity contribution in [1.29, 1.82) is 5.26 Å². The van der Waals surface area contributed by atoms with Crippen LogP contribution in [0.2, 0.25) is 0 Å². The van der Waals surface area contributed by atoms with Crippen LogP contribution in [0.3, 0.4) is 0 Å². The van der Waals surface area contributed by atoms with Crippen molar-refractivity contribution in [3.63, 3.8) is 0 Å². The topological polar surface area (TPSA) is 112 Å². The lowest BCUT2D eigenvalue weighted by molar-refractivity contribution is 0.0664. The second-order valence-corrected chi connectivity index (χ2v) is 8.01. The fraction of sp³-hybridized carbons (Fsp3) is 0.450. The highest BCUT2D eigenvalue weighted by molar-refractivity contribution is 5.95. The summed E-state index contributed by atoms with van der Waals surface area (Å²) >= 11 is 0. The first-order valence-electron chi connectivity index (χ1n) is 9.86. The van der Waals surface area contributed by atoms with Gasteiger partial charge in [-0.3, -0.25) is 14.6 Å². The van der Waals surface area contributed by atoms with Crippen molar-refractivity contribution < 1.29 is 4.79 Å². The Hall–Kier alpha value is -3.41. The summed E-state index contributed by atoms with van der Waals surface area (Å²) in [5, 5.41) is 18.1. The van der Waals surface area contributed by atoms with Gasteiger partial charge in [0, 0.05) is 19.3 Å². The van der Waals surface area contributed by atoms with Crippen molar-refractivity contribution in [1.82, 2.24) is 29.3 Å². The maximum atomic E-state index is 13.1. The van der Waals surface area contributed by atoms with Crippen molar-refractivity contribution >= 4 is 11.4 Å². The van der Waals surface area contributed by atoms with E-state index in [0.717, 1.165) is 25.7 Å². The van der Waals surface area contributed by atoms with Gasteiger partial charge in [0.1, 0.15) is 5.52 Å². The van der Waals surface area contributed by atoms with Gasteiger partial charge in [-0.05, 0) is 50.7 Å². The Morgan fingerprint density at radius 2 is 2.10 bits per heavy atom. The van der Waals surface area contributed by atoms with Gasteiger partial charge in [0.15, 0.2) is 0 Å². The van der Waals surface area contributed by atoms with Crippen LogP contribution in [0.15, 0.2) is 29.3 Å². The van der Waals surface area contributed by atoms with Gasteiger partial charge in [0.05, 0.1) is 28.9 Å². The Morgan fingerprint density at radius 3 is 2.79 bits per heavy atom. The number of amides is 1. The van der Waals surface area contributed by atoms with E-state index in [2.05, 4.69) is 21.3 Å². The number of aromatic nitrogens is 5. The van der Waals surface area contributed by atoms with Crippen LogP contribution in [0, 0.1) is 29.6 Å². The van der Waals surface area contributed by atoms with Gasteiger partial charge in [-0.1, -0.05) is 0 Å². The van der Waals surface area contributed by atoms with Gasteiger partial charge >= 0.3 is 0 Å². The molecular weight excluding hydrogens is 370 g/mol. The van der Waals surface area contributed by atoms with Crippen LogP contribution in [0.4, 0.5) is 0 Å². The van der Waals surface area contributed by atoms with Crippen LogP contribution >= 0.6 is 0 Å². The molecule has 1 aliphatic heterocycles. The molecule has 1 saturated carbocycles. The minimum atomic E-state index is -0.267. The molecule has 0 aromatic carbocycles. The summed E-state index contributed by atoms with van der Waals surface area (Å²) in [4.78, 5) is 29.8. The summed E-state index contributed by atoms with van der Waals surface area (Å²) in [6.45, 7) is 3.10. The molecule has 1 aliphatic carbocycles. The van der Waals surface area contributed by atoms with Gasteiger partial charge in [0.25, 0.3) is 11.5 Å². The number of nitrogens with one attached hydrogen (secondary N) is 1. The molecule has 4 heterocycles. The van der Waals surface area contributed by atoms with Crippen molar-refractivity contribution in [2.45, 2.75) is 32.6 Å². The van der Waals surface area contributed by atoms with Crippen LogP contribution in [0.5, 0.6) is 0 Å². The van der Waals surface area contributed by atoms with Gasteiger partial charge in [-0.2, -0.15) is 10.4 Å². The summed E-state index contributed by atoms with van der Waals surface area (Å²) in [6, 6.07) is 5.92. The third kappa shape index (κ3) is 2.75. The molecule has 9 heteroatoms. The lowest BCUT2D eigenvalue weighted by Crippen LogP contribution is -2.40. The maximum absolute atomic E-state index is 13.1. The van der Waals surface area contributed by atoms with Gasteiger partial charge < -0.3 is 4.90 Å². The second-order valence-electron chi connectivity index (χ2n) is 8.01. The van der Waals surface area contributed by atoms with Crippen LogP contribution < -0.4 is 5.56 Å². The molecule has 0 bridgehead atoms. The molecule has 3 aromatic heterocycles. The van der Waals surface area contributed by atoms with Crippen molar-refractivity contribution in [2.75, 3.05) is 13.1 Å². The Kier molecular flexibility index (Phi) is 3.84. The van der Waals surface area contributed by atoms with E-state index < -0.39 is 0 Å². The minimum absolute atomic E-state index is 0.0709. The summed E-state index contributed by atoms with van der Waals surface area (Å²) in [5.41, 5.74) is 1.17. The van der Waals surface area contributed by atoms with Crippen molar-refractivity contribution in [2.24, 2.45) is 11.3 Å². The van der Waals surface area contributed by atoms with Crippen molar-refractivity contribution in [3.05, 3.63) is 46.1 Å². The number of H-pyrrole nitrogens is 1. The number of carbonyl (C=O) groups excluding carboxylic acids is 1. The molecule has 2 fully saturated rings. The fourth-order valence-corrected chi connectivity index (χ4v) is 4.41. The molecule has 1 N–H and O–H groups in total. The van der Waals surface area contributed by atoms with Gasteiger partial charge in [-0.15, -0.1) is 5.10 Å². The largest absolute Gasteiger partial charge is 0.339 e. The fourth-order valence-electron chi connectivity index (χ4n) is 4.41. The molecule has 0 atom stereocenters. The predicted molar refractivity (Wildman–Crippen MR) is 104 cm³/mol. The molecular formula is C20H21N7O2. The average molecular weight is 391 g/mol. The number of nitriles is 1. The van der Waals surface area contributed by atoms with Crippen LogP contribution in [-0.2, 0) is 0 Å². The zero-order valence-electron chi connectivity index (χ0n) is 16.1. The Bertz CT molecular complexity index is 1200. The zero-order chi connectivity index (χ0) is 20.2. The molecule has 5 rings (SSSR count). The third-order valence-electron chi connectivity index (χ3n) is 6.40. The zero-order valence-corrected chi connectivity index (χ0v) is 16.1. The standard InChI is InChI=1S/C20H21N7O2/c1-13-15(18(29)25-9-4-14(5-10-25)20(12-21)6-7-20)11-22-27(13)19-23-17(28)16-3-2-8-26(16)24-19/h2-3,8,11,14H,4-7,9-10H2,1H3,(H,23,24,28). The monoisotopic (exact) mass is 391 g/mol. The summed E-state index contributed by atoms with van der Waals surface area (Å²) in [7, 11) is 0. The summed E-state index contributed by atoms with van der Waals surface area (Å²) in [5.74, 6) is 0.583. The minimum Gasteiger partial charge on any atom is -0.339 e. The lowest BCUT2D eigenvalue weighted by atomic mass is 9.82. The highest BCUT2D eigenvalue weighted by atomic mass is 16.2. The molecule has 2 aliphatic rings. The van der Waals surface area contributed by atoms with E-state index in [-0.39, 0.29) is 22.8 Å². The molecule has 0 radical (unpaired) electrons. The van der Waals surface area contributed by atoms with Crippen LogP contribution in [0.25, 0.3) is 11.5 Å². The predicted octanol–water partition coefficient (Wildman–Crippen LogP) is 1.67. The Morgan fingerprint density at radius 1 is 1.34 bits per heavy atom. The number of hydrogen-bond donors (Lipinski definition) is 1. The molecule has 9 nitrogen and oxygen atoms in total. The quantitative estimate of drug-likeness (QED) is 0.730. The van der Waals surface area contributed by atoms with E-state index in [9.17, 15) is 14.9 Å². The SMILES string of the molecule is Cc1c(C(=O)N2CCC(C3(C#N)CC3)CC2)cnn1-c1nn2cccc2c(=O)[nH]1. The molecule has 0 spiro atoms. The van der Waals surface area contributed by atoms with Crippen molar-refractivity contribution in [3.8, 4) is 12.0 Å².